The minimum absolute atomic E-state index is 0.102. The number of amides is 1. The SMILES string of the molecule is CNC(=O)c1nnn(/N=C/c2ccc(F)cc2)c1OCC(=O)c1ccc(OC)cc1. The number of aromatic nitrogens is 3. The van der Waals surface area contributed by atoms with Crippen molar-refractivity contribution in [2.75, 3.05) is 20.8 Å². The standard InChI is InChI=1S/C20H18FN5O4/c1-22-19(28)18-20(30-12-17(27)14-5-9-16(29-2)10-6-14)26(25-24-18)23-11-13-3-7-15(21)8-4-13/h3-11H,12H2,1-2H3,(H,22,28)/b23-11+. The molecule has 0 aliphatic rings. The van der Waals surface area contributed by atoms with Crippen LogP contribution in [0.5, 0.6) is 11.6 Å². The van der Waals surface area contributed by atoms with Gasteiger partial charge in [0.1, 0.15) is 11.6 Å². The van der Waals surface area contributed by atoms with E-state index in [1.807, 2.05) is 0 Å². The molecule has 0 bridgehead atoms. The molecule has 3 aromatic rings. The fourth-order valence-corrected chi connectivity index (χ4v) is 2.39. The van der Waals surface area contributed by atoms with E-state index in [-0.39, 0.29) is 29.8 Å². The molecule has 10 heteroatoms. The highest BCUT2D eigenvalue weighted by molar-refractivity contribution is 5.98. The molecule has 9 nitrogen and oxygen atoms in total. The van der Waals surface area contributed by atoms with Crippen molar-refractivity contribution in [1.29, 1.82) is 0 Å². The Balaban J connectivity index is 1.80. The lowest BCUT2D eigenvalue weighted by Crippen LogP contribution is -2.21. The van der Waals surface area contributed by atoms with Crippen LogP contribution in [-0.4, -0.2) is 53.8 Å². The van der Waals surface area contributed by atoms with Crippen molar-refractivity contribution >= 4 is 17.9 Å². The van der Waals surface area contributed by atoms with E-state index < -0.39 is 5.91 Å². The van der Waals surface area contributed by atoms with Gasteiger partial charge in [-0.3, -0.25) is 9.59 Å². The van der Waals surface area contributed by atoms with Gasteiger partial charge in [0.15, 0.2) is 12.4 Å². The fourth-order valence-electron chi connectivity index (χ4n) is 2.39. The molecule has 1 N–H and O–H groups in total. The van der Waals surface area contributed by atoms with Crippen LogP contribution in [0.4, 0.5) is 4.39 Å². The smallest absolute Gasteiger partial charge is 0.277 e. The van der Waals surface area contributed by atoms with Crippen LogP contribution in [-0.2, 0) is 0 Å². The second kappa shape index (κ2) is 9.41. The van der Waals surface area contributed by atoms with E-state index in [2.05, 4.69) is 20.7 Å². The van der Waals surface area contributed by atoms with Crippen molar-refractivity contribution in [2.45, 2.75) is 0 Å². The monoisotopic (exact) mass is 411 g/mol. The van der Waals surface area contributed by atoms with Crippen molar-refractivity contribution in [3.05, 3.63) is 71.2 Å². The summed E-state index contributed by atoms with van der Waals surface area (Å²) in [7, 11) is 2.95. The molecule has 0 fully saturated rings. The van der Waals surface area contributed by atoms with Gasteiger partial charge in [-0.2, -0.15) is 5.10 Å². The normalized spacial score (nSPS) is 10.8. The molecule has 0 aliphatic carbocycles. The lowest BCUT2D eigenvalue weighted by molar-refractivity contribution is 0.0898. The number of methoxy groups -OCH3 is 1. The zero-order valence-electron chi connectivity index (χ0n) is 16.2. The first-order valence-electron chi connectivity index (χ1n) is 8.79. The highest BCUT2D eigenvalue weighted by atomic mass is 19.1. The lowest BCUT2D eigenvalue weighted by Gasteiger charge is -2.07. The van der Waals surface area contributed by atoms with Crippen LogP contribution >= 0.6 is 0 Å². The quantitative estimate of drug-likeness (QED) is 0.448. The van der Waals surface area contributed by atoms with Crippen molar-refractivity contribution < 1.29 is 23.5 Å². The Hall–Kier alpha value is -4.08. The summed E-state index contributed by atoms with van der Waals surface area (Å²) < 4.78 is 23.6. The van der Waals surface area contributed by atoms with Crippen LogP contribution in [0.2, 0.25) is 0 Å². The Morgan fingerprint density at radius 2 is 1.87 bits per heavy atom. The summed E-state index contributed by atoms with van der Waals surface area (Å²) in [6.45, 7) is -0.365. The minimum atomic E-state index is -0.551. The molecule has 0 radical (unpaired) electrons. The number of carbonyl (C=O) groups excluding carboxylic acids is 2. The van der Waals surface area contributed by atoms with Gasteiger partial charge in [0.25, 0.3) is 11.8 Å². The molecule has 1 aromatic heterocycles. The summed E-state index contributed by atoms with van der Waals surface area (Å²) in [6.07, 6.45) is 1.39. The Morgan fingerprint density at radius 1 is 1.17 bits per heavy atom. The first-order valence-corrected chi connectivity index (χ1v) is 8.79. The van der Waals surface area contributed by atoms with Gasteiger partial charge in [-0.05, 0) is 47.2 Å². The van der Waals surface area contributed by atoms with E-state index in [4.69, 9.17) is 9.47 Å². The Labute approximate surface area is 171 Å². The van der Waals surface area contributed by atoms with Gasteiger partial charge in [0.2, 0.25) is 5.69 Å². The number of Topliss-reactive ketones (excluding diaryl/α,β-unsaturated/α-hetero) is 1. The summed E-state index contributed by atoms with van der Waals surface area (Å²) in [5.41, 5.74) is 0.871. The first kappa shape index (κ1) is 20.6. The van der Waals surface area contributed by atoms with Gasteiger partial charge < -0.3 is 14.8 Å². The van der Waals surface area contributed by atoms with Crippen molar-refractivity contribution in [3.63, 3.8) is 0 Å². The van der Waals surface area contributed by atoms with Crippen molar-refractivity contribution in [3.8, 4) is 11.6 Å². The topological polar surface area (TPSA) is 108 Å². The van der Waals surface area contributed by atoms with Gasteiger partial charge in [-0.15, -0.1) is 5.10 Å². The molecule has 30 heavy (non-hydrogen) atoms. The number of nitrogens with one attached hydrogen (secondary N) is 1. The van der Waals surface area contributed by atoms with Crippen molar-refractivity contribution in [2.24, 2.45) is 5.10 Å². The summed E-state index contributed by atoms with van der Waals surface area (Å²) in [5, 5.41) is 14.0. The average molecular weight is 411 g/mol. The molecule has 154 valence electrons. The third-order valence-corrected chi connectivity index (χ3v) is 3.99. The zero-order valence-corrected chi connectivity index (χ0v) is 16.2. The number of hydrogen-bond donors (Lipinski definition) is 1. The number of ketones is 1. The van der Waals surface area contributed by atoms with E-state index in [0.717, 1.165) is 4.79 Å². The fraction of sp³-hybridized carbons (Fsp3) is 0.150. The van der Waals surface area contributed by atoms with Crippen LogP contribution in [0, 0.1) is 5.82 Å². The zero-order chi connectivity index (χ0) is 21.5. The molecule has 2 aromatic carbocycles. The van der Waals surface area contributed by atoms with Gasteiger partial charge >= 0.3 is 0 Å². The van der Waals surface area contributed by atoms with Gasteiger partial charge in [0.05, 0.1) is 13.3 Å². The number of carbonyl (C=O) groups is 2. The molecule has 0 saturated heterocycles. The number of rotatable bonds is 8. The molecule has 0 unspecified atom stereocenters. The van der Waals surface area contributed by atoms with Gasteiger partial charge in [-0.1, -0.05) is 16.9 Å². The van der Waals surface area contributed by atoms with Crippen LogP contribution in [0.1, 0.15) is 26.4 Å². The number of halogens is 1. The summed E-state index contributed by atoms with van der Waals surface area (Å²) >= 11 is 0. The molecule has 0 spiro atoms. The Kier molecular flexibility index (Phi) is 6.48. The van der Waals surface area contributed by atoms with Crippen LogP contribution in [0.25, 0.3) is 0 Å². The highest BCUT2D eigenvalue weighted by Crippen LogP contribution is 2.17. The molecular formula is C20H18FN5O4. The number of hydrogen-bond acceptors (Lipinski definition) is 7. The maximum Gasteiger partial charge on any atom is 0.277 e. The van der Waals surface area contributed by atoms with Crippen LogP contribution in [0.15, 0.2) is 53.6 Å². The van der Waals surface area contributed by atoms with Crippen LogP contribution < -0.4 is 14.8 Å². The van der Waals surface area contributed by atoms with E-state index in [1.165, 1.54) is 44.6 Å². The molecule has 0 saturated carbocycles. The third-order valence-electron chi connectivity index (χ3n) is 3.99. The van der Waals surface area contributed by atoms with Crippen LogP contribution in [0.3, 0.4) is 0 Å². The number of benzene rings is 2. The van der Waals surface area contributed by atoms with Gasteiger partial charge in [-0.25, -0.2) is 4.39 Å². The average Bonchev–Trinajstić information content (AvgIpc) is 3.19. The van der Waals surface area contributed by atoms with E-state index in [1.54, 1.807) is 24.3 Å². The molecule has 0 aliphatic heterocycles. The summed E-state index contributed by atoms with van der Waals surface area (Å²) in [5.74, 6) is -0.738. The number of nitrogens with zero attached hydrogens (tertiary/aromatic N) is 4. The molecule has 1 heterocycles. The third kappa shape index (κ3) is 4.85. The number of ether oxygens (including phenoxy) is 2. The second-order valence-electron chi connectivity index (χ2n) is 5.95. The Bertz CT molecular complexity index is 1060. The molecule has 0 atom stereocenters. The molecular weight excluding hydrogens is 393 g/mol. The Morgan fingerprint density at radius 3 is 2.50 bits per heavy atom. The van der Waals surface area contributed by atoms with E-state index in [9.17, 15) is 14.0 Å². The predicted octanol–water partition coefficient (Wildman–Crippen LogP) is 1.93. The molecule has 1 amide bonds. The largest absolute Gasteiger partial charge is 0.497 e. The summed E-state index contributed by atoms with van der Waals surface area (Å²) in [6, 6.07) is 12.1. The minimum Gasteiger partial charge on any atom is -0.497 e. The maximum atomic E-state index is 13.0. The summed E-state index contributed by atoms with van der Waals surface area (Å²) in [4.78, 5) is 25.4. The predicted molar refractivity (Wildman–Crippen MR) is 106 cm³/mol. The van der Waals surface area contributed by atoms with E-state index in [0.29, 0.717) is 16.9 Å². The second-order valence-corrected chi connectivity index (χ2v) is 5.95. The van der Waals surface area contributed by atoms with E-state index >= 15 is 0 Å². The lowest BCUT2D eigenvalue weighted by atomic mass is 10.1. The molecule has 3 rings (SSSR count). The van der Waals surface area contributed by atoms with Gasteiger partial charge in [0, 0.05) is 12.6 Å². The first-order chi connectivity index (χ1) is 14.5. The highest BCUT2D eigenvalue weighted by Gasteiger charge is 2.22. The van der Waals surface area contributed by atoms with Crippen molar-refractivity contribution in [1.82, 2.24) is 20.4 Å². The maximum absolute atomic E-state index is 13.0.